The Kier molecular flexibility index (Phi) is 48.5. The van der Waals surface area contributed by atoms with E-state index in [1.165, 1.54) is 20.8 Å². The predicted octanol–water partition coefficient (Wildman–Crippen LogP) is -10.5. The largest absolute Gasteiger partial charge is 0.480 e. The van der Waals surface area contributed by atoms with Crippen LogP contribution in [-0.4, -0.2) is 333 Å². The van der Waals surface area contributed by atoms with Crippen molar-refractivity contribution in [1.29, 1.82) is 10.8 Å². The van der Waals surface area contributed by atoms with E-state index in [1.54, 1.807) is 97.9 Å². The molecular formula is C93H137N27O26. The molecule has 21 amide bonds. The number of carboxylic acids is 1. The van der Waals surface area contributed by atoms with E-state index >= 15 is 0 Å². The van der Waals surface area contributed by atoms with Crippen LogP contribution in [-0.2, 0) is 125 Å². The minimum Gasteiger partial charge on any atom is -0.480 e. The molecule has 19 atom stereocenters. The highest BCUT2D eigenvalue weighted by molar-refractivity contribution is 6.03. The third kappa shape index (κ3) is 39.3. The second-order valence-electron chi connectivity index (χ2n) is 36.0. The summed E-state index contributed by atoms with van der Waals surface area (Å²) in [5.41, 5.74) is 23.3. The number of carboxylic acid groups (broad SMARTS) is 1. The van der Waals surface area contributed by atoms with Crippen molar-refractivity contribution < 1.29 is 126 Å². The molecule has 3 saturated heterocycles. The number of nitrogens with one attached hydrogen (secondary N) is 21. The zero-order valence-electron chi connectivity index (χ0n) is 82.2. The number of aliphatic hydroxyl groups excluding tert-OH is 3. The minimum absolute atomic E-state index is 0.0140. The monoisotopic (exact) mass is 2050 g/mol. The molecule has 3 heterocycles. The SMILES string of the molecule is CC[C@H](C)[C@H](NC(=O)[C@@H](NC(=O)[C@H](CCCNC(=N)N)NC(=O)[C@H](C)NC(=O)[C@@H]1CC(=O)NCC(=O)N[C@@H]([C@@H](C)O)C(=O)N2CCC[C@H]2C(=O)NCC(=O)N[C@@H](Cc2ccccc2)C(=O)N[C@@H](CCC(N)=O)C(=O)N[C@@H]([C@@H](C)O)C(=O)N2CCC[C@H]2C(=O)N1)C(C)C)C(=O)N[C@@H](CO)C(=O)N[C@@H](CCCNC(=N)N)C(=O)N[C@@H](Cc1ccccc1)C(=O)NCC(=O)N[C@@H](Cc1ccccc1)C(=O)N[C@@H](CC(N)=O)C(=O)O. The molecule has 0 aromatic heterocycles. The van der Waals surface area contributed by atoms with Crippen molar-refractivity contribution in [2.75, 3.05) is 52.4 Å². The van der Waals surface area contributed by atoms with Crippen LogP contribution in [0.3, 0.4) is 0 Å². The van der Waals surface area contributed by atoms with E-state index in [1.807, 2.05) is 0 Å². The van der Waals surface area contributed by atoms with Crippen molar-refractivity contribution in [3.8, 4) is 0 Å². The zero-order valence-corrected chi connectivity index (χ0v) is 82.2. The number of aliphatic carboxylic acids is 1. The number of nitrogens with zero attached hydrogens (tertiary/aromatic N) is 2. The highest BCUT2D eigenvalue weighted by atomic mass is 16.4. The van der Waals surface area contributed by atoms with Crippen LogP contribution >= 0.6 is 0 Å². The third-order valence-electron chi connectivity index (χ3n) is 24.1. The number of amides is 21. The van der Waals surface area contributed by atoms with Gasteiger partial charge in [-0.1, -0.05) is 125 Å². The van der Waals surface area contributed by atoms with Crippen molar-refractivity contribution >= 4 is 142 Å². The number of nitrogens with two attached hydrogens (primary N) is 4. The number of hydrogen-bond donors (Lipinski definition) is 29. The van der Waals surface area contributed by atoms with Crippen LogP contribution in [0.5, 0.6) is 0 Å². The van der Waals surface area contributed by atoms with E-state index in [-0.39, 0.29) is 103 Å². The molecule has 0 bridgehead atoms. The number of fused-ring (bicyclic) bond motifs is 2. The van der Waals surface area contributed by atoms with Gasteiger partial charge < -0.3 is 154 Å². The number of aliphatic hydroxyl groups is 3. The molecule has 3 aliphatic rings. The van der Waals surface area contributed by atoms with Gasteiger partial charge in [-0.25, -0.2) is 4.79 Å². The Morgan fingerprint density at radius 1 is 0.459 bits per heavy atom. The second-order valence-corrected chi connectivity index (χ2v) is 36.0. The van der Waals surface area contributed by atoms with E-state index in [0.29, 0.717) is 16.7 Å². The van der Waals surface area contributed by atoms with Gasteiger partial charge in [0.05, 0.1) is 51.3 Å². The molecule has 53 nitrogen and oxygen atoms in total. The molecule has 0 spiro atoms. The fourth-order valence-electron chi connectivity index (χ4n) is 15.9. The number of rotatable bonds is 46. The Labute approximate surface area is 840 Å². The van der Waals surface area contributed by atoms with E-state index in [9.17, 15) is 126 Å². The first-order valence-corrected chi connectivity index (χ1v) is 47.8. The topological polar surface area (TPSA) is 843 Å². The molecule has 0 saturated carbocycles. The van der Waals surface area contributed by atoms with Crippen LogP contribution in [0.4, 0.5) is 0 Å². The average molecular weight is 2050 g/mol. The summed E-state index contributed by atoms with van der Waals surface area (Å²) in [6.07, 6.45) is -7.43. The fraction of sp³-hybridized carbons (Fsp3) is 0.548. The molecule has 0 aliphatic carbocycles. The molecular weight excluding hydrogens is 1910 g/mol. The van der Waals surface area contributed by atoms with Gasteiger partial charge in [0.2, 0.25) is 124 Å². The fourth-order valence-corrected chi connectivity index (χ4v) is 15.9. The van der Waals surface area contributed by atoms with Gasteiger partial charge in [-0.15, -0.1) is 0 Å². The first-order chi connectivity index (χ1) is 69.1. The molecule has 0 unspecified atom stereocenters. The lowest BCUT2D eigenvalue weighted by Crippen LogP contribution is -2.62. The molecule has 0 radical (unpaired) electrons. The lowest BCUT2D eigenvalue weighted by molar-refractivity contribution is -0.145. The molecule has 146 heavy (non-hydrogen) atoms. The number of benzene rings is 3. The summed E-state index contributed by atoms with van der Waals surface area (Å²) in [4.78, 5) is 310. The number of carbonyl (C=O) groups excluding carboxylic acids is 21. The maximum Gasteiger partial charge on any atom is 0.326 e. The van der Waals surface area contributed by atoms with Crippen LogP contribution < -0.4 is 124 Å². The van der Waals surface area contributed by atoms with Crippen LogP contribution in [0.25, 0.3) is 0 Å². The van der Waals surface area contributed by atoms with Crippen LogP contribution in [0, 0.1) is 22.7 Å². The van der Waals surface area contributed by atoms with Gasteiger partial charge in [0.15, 0.2) is 11.9 Å². The van der Waals surface area contributed by atoms with Crippen LogP contribution in [0.15, 0.2) is 91.0 Å². The number of carbonyl (C=O) groups is 22. The number of primary amides is 2. The smallest absolute Gasteiger partial charge is 0.326 e. The summed E-state index contributed by atoms with van der Waals surface area (Å²) in [5.74, 6) is -26.6. The highest BCUT2D eigenvalue weighted by Gasteiger charge is 2.45. The first kappa shape index (κ1) is 119. The van der Waals surface area contributed by atoms with Gasteiger partial charge in [0, 0.05) is 51.9 Å². The molecule has 3 aromatic rings. The molecule has 3 fully saturated rings. The van der Waals surface area contributed by atoms with E-state index in [2.05, 4.69) is 101 Å². The standard InChI is InChI=1S/C93H137N27O26/c1-8-48(4)73(88(142)114-63(46-121)84(138)109-55(28-18-34-100-92(96)97)78(132)111-58(38-52-22-12-9-13-23-52)77(131)103-44-69(127)107-60(40-54-26-16-11-17-27-54)83(137)113-62(91(145)146)41-67(95)125)117-87(141)72(47(2)3)116-79(133)56(29-19-35-101-93(98)99)108-76(130)49(5)105-81(135)61-42-68(126)102-43-71(129)115-74(50(6)122)89(143)119-36-20-30-64(119)85(139)104-45-70(128)106-59(39-53-24-14-10-15-25-53)82(136)110-57(32-33-66(94)124)80(134)118-75(51(7)123)90(144)120-37-21-31-65(120)86(140)112-61/h9-17,22-27,47-51,55-65,72-75,121-123H,8,18-21,28-46H2,1-7H3,(H2,94,124)(H2,95,125)(H,102,126)(H,103,131)(H,104,139)(H,105,135)(H,106,128)(H,107,127)(H,108,130)(H,109,138)(H,110,136)(H,111,132)(H,112,140)(H,113,137)(H,114,142)(H,115,129)(H,116,133)(H,117,141)(H,118,134)(H,145,146)(H4,96,97,100)(H4,98,99,101)/t48-,49-,50+,51+,55-,56-,57-,58-,59-,60-,61-,62-,63-,64-,65-,72-,73-,74-,75-/m0/s1. The van der Waals surface area contributed by atoms with Gasteiger partial charge >= 0.3 is 5.97 Å². The quantitative estimate of drug-likeness (QED) is 0.0142. The van der Waals surface area contributed by atoms with Gasteiger partial charge in [-0.2, -0.15) is 0 Å². The highest BCUT2D eigenvalue weighted by Crippen LogP contribution is 2.24. The summed E-state index contributed by atoms with van der Waals surface area (Å²) in [6, 6.07) is -2.34. The Morgan fingerprint density at radius 2 is 0.911 bits per heavy atom. The summed E-state index contributed by atoms with van der Waals surface area (Å²) < 4.78 is 0. The van der Waals surface area contributed by atoms with Crippen LogP contribution in [0.2, 0.25) is 0 Å². The number of hydrogen-bond acceptors (Lipinski definition) is 27. The van der Waals surface area contributed by atoms with Gasteiger partial charge in [0.25, 0.3) is 0 Å². The molecule has 53 heteroatoms. The Morgan fingerprint density at radius 3 is 1.42 bits per heavy atom. The second kappa shape index (κ2) is 59.5. The molecule has 33 N–H and O–H groups in total. The van der Waals surface area contributed by atoms with Crippen molar-refractivity contribution in [3.05, 3.63) is 108 Å². The maximum atomic E-state index is 14.8. The maximum absolute atomic E-state index is 14.8. The van der Waals surface area contributed by atoms with Crippen molar-refractivity contribution in [2.45, 2.75) is 260 Å². The van der Waals surface area contributed by atoms with E-state index in [0.717, 1.165) is 30.6 Å². The van der Waals surface area contributed by atoms with Gasteiger partial charge in [0.1, 0.15) is 96.7 Å². The molecule has 6 rings (SSSR count). The first-order valence-electron chi connectivity index (χ1n) is 47.8. The Hall–Kier alpha value is -15.6. The molecule has 3 aliphatic heterocycles. The summed E-state index contributed by atoms with van der Waals surface area (Å²) in [7, 11) is 0. The normalized spacial score (nSPS) is 20.3. The Bertz CT molecular complexity index is 5120. The summed E-state index contributed by atoms with van der Waals surface area (Å²) in [5, 5.41) is 105. The van der Waals surface area contributed by atoms with Gasteiger partial charge in [-0.3, -0.25) is 112 Å². The number of guanidine groups is 2. The lowest BCUT2D eigenvalue weighted by atomic mass is 9.96. The van der Waals surface area contributed by atoms with Crippen LogP contribution in [0.1, 0.15) is 149 Å². The van der Waals surface area contributed by atoms with Gasteiger partial charge in [-0.05, 0) is 107 Å². The summed E-state index contributed by atoms with van der Waals surface area (Å²) in [6.45, 7) is 5.29. The van der Waals surface area contributed by atoms with Crippen molar-refractivity contribution in [2.24, 2.45) is 34.8 Å². The molecule has 3 aromatic carbocycles. The molecule has 800 valence electrons. The third-order valence-corrected chi connectivity index (χ3v) is 24.1. The lowest BCUT2D eigenvalue weighted by Gasteiger charge is -2.32. The zero-order chi connectivity index (χ0) is 108. The van der Waals surface area contributed by atoms with E-state index < -0.39 is 315 Å². The van der Waals surface area contributed by atoms with Crippen molar-refractivity contribution in [1.82, 2.24) is 111 Å². The summed E-state index contributed by atoms with van der Waals surface area (Å²) >= 11 is 0. The predicted molar refractivity (Wildman–Crippen MR) is 519 cm³/mol. The van der Waals surface area contributed by atoms with E-state index in [4.69, 9.17) is 33.8 Å². The Balaban J connectivity index is 1.23. The minimum atomic E-state index is -2.07. The van der Waals surface area contributed by atoms with Crippen molar-refractivity contribution in [3.63, 3.8) is 0 Å². The average Bonchev–Trinajstić information content (AvgIpc) is 1.68.